The predicted octanol–water partition coefficient (Wildman–Crippen LogP) is 4.64. The molecule has 23 heavy (non-hydrogen) atoms. The second-order valence-electron chi connectivity index (χ2n) is 5.67. The van der Waals surface area contributed by atoms with Gasteiger partial charge in [0, 0.05) is 18.2 Å². The van der Waals surface area contributed by atoms with Crippen LogP contribution in [0.4, 0.5) is 4.39 Å². The van der Waals surface area contributed by atoms with Gasteiger partial charge in [0.15, 0.2) is 0 Å². The predicted molar refractivity (Wildman–Crippen MR) is 88.3 cm³/mol. The van der Waals surface area contributed by atoms with E-state index in [4.69, 9.17) is 4.42 Å². The number of oxazole rings is 1. The van der Waals surface area contributed by atoms with Crippen LogP contribution in [0.25, 0.3) is 11.5 Å². The summed E-state index contributed by atoms with van der Waals surface area (Å²) in [6.07, 6.45) is 1.61. The molecular weight excluding hydrogens is 291 g/mol. The SMILES string of the molecule is Cc1ccc([C@@H](C)NCc2coc(-c3cccc(F)c3)n2)cc1. The van der Waals surface area contributed by atoms with Gasteiger partial charge in [-0.05, 0) is 37.6 Å². The third-order valence-electron chi connectivity index (χ3n) is 3.79. The molecule has 0 unspecified atom stereocenters. The van der Waals surface area contributed by atoms with Gasteiger partial charge >= 0.3 is 0 Å². The number of aromatic nitrogens is 1. The van der Waals surface area contributed by atoms with Gasteiger partial charge < -0.3 is 9.73 Å². The highest BCUT2D eigenvalue weighted by Gasteiger charge is 2.09. The fourth-order valence-electron chi connectivity index (χ4n) is 2.37. The molecule has 1 heterocycles. The van der Waals surface area contributed by atoms with Crippen molar-refractivity contribution in [1.29, 1.82) is 0 Å². The van der Waals surface area contributed by atoms with Gasteiger partial charge in [0.05, 0.1) is 5.69 Å². The summed E-state index contributed by atoms with van der Waals surface area (Å²) in [5, 5.41) is 3.41. The second-order valence-corrected chi connectivity index (χ2v) is 5.67. The summed E-state index contributed by atoms with van der Waals surface area (Å²) in [5.41, 5.74) is 3.91. The third-order valence-corrected chi connectivity index (χ3v) is 3.79. The molecule has 0 bridgehead atoms. The fourth-order valence-corrected chi connectivity index (χ4v) is 2.37. The van der Waals surface area contributed by atoms with Gasteiger partial charge in [0.1, 0.15) is 12.1 Å². The molecular formula is C19H19FN2O. The first-order chi connectivity index (χ1) is 11.1. The van der Waals surface area contributed by atoms with Crippen molar-refractivity contribution in [3.63, 3.8) is 0 Å². The first-order valence-corrected chi connectivity index (χ1v) is 7.62. The Morgan fingerprint density at radius 1 is 1.17 bits per heavy atom. The minimum atomic E-state index is -0.298. The van der Waals surface area contributed by atoms with Crippen LogP contribution < -0.4 is 5.32 Å². The maximum Gasteiger partial charge on any atom is 0.226 e. The largest absolute Gasteiger partial charge is 0.444 e. The molecule has 0 fully saturated rings. The number of nitrogens with one attached hydrogen (secondary N) is 1. The van der Waals surface area contributed by atoms with E-state index in [9.17, 15) is 4.39 Å². The number of hydrogen-bond acceptors (Lipinski definition) is 3. The van der Waals surface area contributed by atoms with E-state index in [1.54, 1.807) is 18.4 Å². The maximum atomic E-state index is 13.2. The van der Waals surface area contributed by atoms with E-state index in [1.807, 2.05) is 0 Å². The zero-order valence-electron chi connectivity index (χ0n) is 13.2. The van der Waals surface area contributed by atoms with E-state index >= 15 is 0 Å². The molecule has 2 aromatic carbocycles. The molecule has 1 N–H and O–H groups in total. The Balaban J connectivity index is 1.64. The lowest BCUT2D eigenvalue weighted by Gasteiger charge is -2.13. The van der Waals surface area contributed by atoms with E-state index in [-0.39, 0.29) is 11.9 Å². The standard InChI is InChI=1S/C19H19FN2O/c1-13-6-8-15(9-7-13)14(2)21-11-18-12-23-19(22-18)16-4-3-5-17(20)10-16/h3-10,12,14,21H,11H2,1-2H3/t14-/m1/s1. The molecule has 3 nitrogen and oxygen atoms in total. The molecule has 118 valence electrons. The minimum Gasteiger partial charge on any atom is -0.444 e. The van der Waals surface area contributed by atoms with Crippen LogP contribution in [0.1, 0.15) is 29.8 Å². The fraction of sp³-hybridized carbons (Fsp3) is 0.211. The van der Waals surface area contributed by atoms with Crippen molar-refractivity contribution in [3.05, 3.63) is 77.4 Å². The van der Waals surface area contributed by atoms with Gasteiger partial charge in [0.2, 0.25) is 5.89 Å². The van der Waals surface area contributed by atoms with Crippen molar-refractivity contribution in [1.82, 2.24) is 10.3 Å². The number of nitrogens with zero attached hydrogens (tertiary/aromatic N) is 1. The summed E-state index contributed by atoms with van der Waals surface area (Å²) in [5.74, 6) is 0.137. The van der Waals surface area contributed by atoms with Crippen LogP contribution in [-0.2, 0) is 6.54 Å². The van der Waals surface area contributed by atoms with Crippen LogP contribution in [0.3, 0.4) is 0 Å². The normalized spacial score (nSPS) is 12.3. The van der Waals surface area contributed by atoms with E-state index in [2.05, 4.69) is 48.4 Å². The second kappa shape index (κ2) is 6.75. The monoisotopic (exact) mass is 310 g/mol. The molecule has 1 aromatic heterocycles. The maximum absolute atomic E-state index is 13.2. The van der Waals surface area contributed by atoms with E-state index in [0.29, 0.717) is 18.0 Å². The van der Waals surface area contributed by atoms with Gasteiger partial charge in [-0.15, -0.1) is 0 Å². The number of rotatable bonds is 5. The molecule has 1 atom stereocenters. The molecule has 0 radical (unpaired) electrons. The van der Waals surface area contributed by atoms with Gasteiger partial charge in [-0.2, -0.15) is 0 Å². The molecule has 3 aromatic rings. The molecule has 0 amide bonds. The van der Waals surface area contributed by atoms with Gasteiger partial charge in [-0.3, -0.25) is 0 Å². The summed E-state index contributed by atoms with van der Waals surface area (Å²) in [6, 6.07) is 14.9. The Kier molecular flexibility index (Phi) is 4.53. The summed E-state index contributed by atoms with van der Waals surface area (Å²) >= 11 is 0. The van der Waals surface area contributed by atoms with Crippen molar-refractivity contribution in [2.75, 3.05) is 0 Å². The highest BCUT2D eigenvalue weighted by atomic mass is 19.1. The van der Waals surface area contributed by atoms with Gasteiger partial charge in [-0.1, -0.05) is 35.9 Å². The Hall–Kier alpha value is -2.46. The van der Waals surface area contributed by atoms with Crippen LogP contribution in [0.5, 0.6) is 0 Å². The number of hydrogen-bond donors (Lipinski definition) is 1. The molecule has 0 aliphatic carbocycles. The summed E-state index contributed by atoms with van der Waals surface area (Å²) in [7, 11) is 0. The third kappa shape index (κ3) is 3.85. The van der Waals surface area contributed by atoms with E-state index in [0.717, 1.165) is 5.69 Å². The average Bonchev–Trinajstić information content (AvgIpc) is 3.02. The first-order valence-electron chi connectivity index (χ1n) is 7.62. The van der Waals surface area contributed by atoms with Crippen molar-refractivity contribution in [2.45, 2.75) is 26.4 Å². The molecule has 0 aliphatic heterocycles. The van der Waals surface area contributed by atoms with Crippen molar-refractivity contribution < 1.29 is 8.81 Å². The van der Waals surface area contributed by atoms with E-state index < -0.39 is 0 Å². The lowest BCUT2D eigenvalue weighted by molar-refractivity contribution is 0.553. The van der Waals surface area contributed by atoms with Gasteiger partial charge in [-0.25, -0.2) is 9.37 Å². The summed E-state index contributed by atoms with van der Waals surface area (Å²) in [6.45, 7) is 4.78. The van der Waals surface area contributed by atoms with Crippen LogP contribution >= 0.6 is 0 Å². The van der Waals surface area contributed by atoms with Crippen molar-refractivity contribution >= 4 is 0 Å². The van der Waals surface area contributed by atoms with Crippen LogP contribution in [0.2, 0.25) is 0 Å². The van der Waals surface area contributed by atoms with Crippen LogP contribution in [0, 0.1) is 12.7 Å². The number of halogens is 1. The molecule has 0 spiro atoms. The van der Waals surface area contributed by atoms with Crippen LogP contribution in [0.15, 0.2) is 59.2 Å². The zero-order chi connectivity index (χ0) is 16.2. The smallest absolute Gasteiger partial charge is 0.226 e. The molecule has 0 aliphatic rings. The Labute approximate surface area is 135 Å². The minimum absolute atomic E-state index is 0.213. The quantitative estimate of drug-likeness (QED) is 0.746. The molecule has 4 heteroatoms. The van der Waals surface area contributed by atoms with Crippen LogP contribution in [-0.4, -0.2) is 4.98 Å². The lowest BCUT2D eigenvalue weighted by atomic mass is 10.1. The lowest BCUT2D eigenvalue weighted by Crippen LogP contribution is -2.18. The molecule has 0 saturated carbocycles. The number of aryl methyl sites for hydroxylation is 1. The highest BCUT2D eigenvalue weighted by molar-refractivity contribution is 5.52. The Morgan fingerprint density at radius 3 is 2.70 bits per heavy atom. The molecule has 0 saturated heterocycles. The molecule has 3 rings (SSSR count). The van der Waals surface area contributed by atoms with E-state index in [1.165, 1.54) is 23.3 Å². The van der Waals surface area contributed by atoms with Crippen molar-refractivity contribution in [3.8, 4) is 11.5 Å². The first kappa shape index (κ1) is 15.4. The summed E-state index contributed by atoms with van der Waals surface area (Å²) in [4.78, 5) is 4.41. The highest BCUT2D eigenvalue weighted by Crippen LogP contribution is 2.20. The average molecular weight is 310 g/mol. The zero-order valence-corrected chi connectivity index (χ0v) is 13.2. The Bertz CT molecular complexity index is 780. The Morgan fingerprint density at radius 2 is 1.96 bits per heavy atom. The van der Waals surface area contributed by atoms with Crippen molar-refractivity contribution in [2.24, 2.45) is 0 Å². The van der Waals surface area contributed by atoms with Gasteiger partial charge in [0.25, 0.3) is 0 Å². The summed E-state index contributed by atoms with van der Waals surface area (Å²) < 4.78 is 18.7. The topological polar surface area (TPSA) is 38.1 Å². The number of benzene rings is 2.